The van der Waals surface area contributed by atoms with Crippen molar-refractivity contribution in [2.45, 2.75) is 19.4 Å². The molecule has 2 atom stereocenters. The minimum Gasteiger partial charge on any atom is -0.378 e. The second-order valence-electron chi connectivity index (χ2n) is 5.34. The van der Waals surface area contributed by atoms with Crippen LogP contribution in [0, 0.1) is 11.7 Å². The Morgan fingerprint density at radius 1 is 1.33 bits per heavy atom. The van der Waals surface area contributed by atoms with Crippen molar-refractivity contribution in [1.82, 2.24) is 4.90 Å². The zero-order valence-electron chi connectivity index (χ0n) is 11.8. The van der Waals surface area contributed by atoms with Gasteiger partial charge in [0.25, 0.3) is 0 Å². The fourth-order valence-corrected chi connectivity index (χ4v) is 2.97. The number of benzene rings is 1. The second kappa shape index (κ2) is 5.44. The van der Waals surface area contributed by atoms with Gasteiger partial charge in [-0.15, -0.1) is 0 Å². The van der Waals surface area contributed by atoms with Gasteiger partial charge in [-0.25, -0.2) is 14.1 Å². The Hall–Kier alpha value is -1.95. The first-order valence-electron chi connectivity index (χ1n) is 7.11. The summed E-state index contributed by atoms with van der Waals surface area (Å²) in [6, 6.07) is 4.96. The fraction of sp³-hybridized carbons (Fsp3) is 0.467. The zero-order chi connectivity index (χ0) is 15.0. The molecule has 0 saturated carbocycles. The SMILES string of the molecule is CCCN1C(=O)N(c2cccc(F)c2)C(=O)C2COCC21. The highest BCUT2D eigenvalue weighted by Gasteiger charge is 2.49. The third kappa shape index (κ3) is 2.29. The molecule has 3 amide bonds. The van der Waals surface area contributed by atoms with E-state index in [9.17, 15) is 14.0 Å². The standard InChI is InChI=1S/C15H17FN2O3/c1-2-6-17-13-9-21-8-12(13)14(19)18(15(17)20)11-5-3-4-10(16)7-11/h3-5,7,12-13H,2,6,8-9H2,1H3. The summed E-state index contributed by atoms with van der Waals surface area (Å²) in [5.74, 6) is -1.14. The molecule has 1 aromatic carbocycles. The second-order valence-corrected chi connectivity index (χ2v) is 5.34. The molecule has 2 fully saturated rings. The van der Waals surface area contributed by atoms with Crippen molar-refractivity contribution in [3.05, 3.63) is 30.1 Å². The first-order chi connectivity index (χ1) is 10.1. The summed E-state index contributed by atoms with van der Waals surface area (Å²) in [5, 5.41) is 0. The van der Waals surface area contributed by atoms with Gasteiger partial charge in [0.1, 0.15) is 5.82 Å². The predicted molar refractivity (Wildman–Crippen MR) is 74.4 cm³/mol. The van der Waals surface area contributed by atoms with Gasteiger partial charge < -0.3 is 9.64 Å². The van der Waals surface area contributed by atoms with Crippen molar-refractivity contribution in [2.75, 3.05) is 24.7 Å². The molecule has 2 aliphatic heterocycles. The summed E-state index contributed by atoms with van der Waals surface area (Å²) in [7, 11) is 0. The highest BCUT2D eigenvalue weighted by molar-refractivity contribution is 6.17. The molecule has 2 unspecified atom stereocenters. The number of ether oxygens (including phenoxy) is 1. The van der Waals surface area contributed by atoms with Gasteiger partial charge in [0.2, 0.25) is 5.91 Å². The van der Waals surface area contributed by atoms with Gasteiger partial charge in [-0.1, -0.05) is 13.0 Å². The number of urea groups is 1. The highest BCUT2D eigenvalue weighted by atomic mass is 19.1. The molecule has 1 aromatic rings. The largest absolute Gasteiger partial charge is 0.378 e. The fourth-order valence-electron chi connectivity index (χ4n) is 2.97. The summed E-state index contributed by atoms with van der Waals surface area (Å²) in [6.07, 6.45) is 0.792. The average Bonchev–Trinajstić information content (AvgIpc) is 2.93. The first kappa shape index (κ1) is 14.0. The predicted octanol–water partition coefficient (Wildman–Crippen LogP) is 2.02. The summed E-state index contributed by atoms with van der Waals surface area (Å²) in [6.45, 7) is 3.23. The molecule has 2 heterocycles. The molecular formula is C15H17FN2O3. The molecule has 0 N–H and O–H groups in total. The van der Waals surface area contributed by atoms with Crippen molar-refractivity contribution < 1.29 is 18.7 Å². The molecule has 112 valence electrons. The summed E-state index contributed by atoms with van der Waals surface area (Å²) < 4.78 is 18.8. The molecule has 0 aromatic heterocycles. The minimum atomic E-state index is -0.472. The van der Waals surface area contributed by atoms with E-state index in [-0.39, 0.29) is 29.6 Å². The van der Waals surface area contributed by atoms with E-state index in [1.807, 2.05) is 6.92 Å². The molecule has 2 saturated heterocycles. The van der Waals surface area contributed by atoms with Crippen LogP contribution in [0.5, 0.6) is 0 Å². The zero-order valence-corrected chi connectivity index (χ0v) is 11.8. The third-order valence-corrected chi connectivity index (χ3v) is 3.96. The van der Waals surface area contributed by atoms with E-state index in [2.05, 4.69) is 0 Å². The molecule has 21 heavy (non-hydrogen) atoms. The van der Waals surface area contributed by atoms with Crippen molar-refractivity contribution in [1.29, 1.82) is 0 Å². The molecule has 0 spiro atoms. The molecule has 0 bridgehead atoms. The maximum Gasteiger partial charge on any atom is 0.331 e. The number of nitrogens with zero attached hydrogens (tertiary/aromatic N) is 2. The van der Waals surface area contributed by atoms with Crippen LogP contribution in [-0.4, -0.2) is 42.6 Å². The number of amides is 3. The lowest BCUT2D eigenvalue weighted by Gasteiger charge is -2.41. The van der Waals surface area contributed by atoms with Crippen LogP contribution >= 0.6 is 0 Å². The van der Waals surface area contributed by atoms with Gasteiger partial charge in [0, 0.05) is 6.54 Å². The lowest BCUT2D eigenvalue weighted by molar-refractivity contribution is -0.124. The molecular weight excluding hydrogens is 275 g/mol. The van der Waals surface area contributed by atoms with Gasteiger partial charge in [-0.2, -0.15) is 0 Å². The lowest BCUT2D eigenvalue weighted by atomic mass is 9.97. The number of carbonyl (C=O) groups excluding carboxylic acids is 2. The third-order valence-electron chi connectivity index (χ3n) is 3.96. The maximum absolute atomic E-state index is 13.4. The van der Waals surface area contributed by atoms with E-state index in [1.54, 1.807) is 11.0 Å². The molecule has 0 radical (unpaired) electrons. The van der Waals surface area contributed by atoms with Crippen LogP contribution in [0.3, 0.4) is 0 Å². The average molecular weight is 292 g/mol. The van der Waals surface area contributed by atoms with Crippen molar-refractivity contribution >= 4 is 17.6 Å². The first-order valence-corrected chi connectivity index (χ1v) is 7.11. The molecule has 0 aliphatic carbocycles. The van der Waals surface area contributed by atoms with E-state index in [0.29, 0.717) is 19.8 Å². The molecule has 3 rings (SSSR count). The Morgan fingerprint density at radius 3 is 2.86 bits per heavy atom. The molecule has 6 heteroatoms. The topological polar surface area (TPSA) is 49.9 Å². The number of anilines is 1. The molecule has 5 nitrogen and oxygen atoms in total. The number of carbonyl (C=O) groups is 2. The number of fused-ring (bicyclic) bond motifs is 1. The number of imide groups is 1. The van der Waals surface area contributed by atoms with Crippen LogP contribution in [0.15, 0.2) is 24.3 Å². The van der Waals surface area contributed by atoms with Crippen LogP contribution in [0.4, 0.5) is 14.9 Å². The summed E-state index contributed by atoms with van der Waals surface area (Å²) >= 11 is 0. The summed E-state index contributed by atoms with van der Waals surface area (Å²) in [5.41, 5.74) is 0.274. The van der Waals surface area contributed by atoms with E-state index >= 15 is 0 Å². The lowest BCUT2D eigenvalue weighted by Crippen LogP contribution is -2.61. The molecule has 2 aliphatic rings. The van der Waals surface area contributed by atoms with Crippen LogP contribution in [0.2, 0.25) is 0 Å². The smallest absolute Gasteiger partial charge is 0.331 e. The van der Waals surface area contributed by atoms with Gasteiger partial charge in [0.15, 0.2) is 0 Å². The number of halogens is 1. The van der Waals surface area contributed by atoms with Crippen molar-refractivity contribution in [3.8, 4) is 0 Å². The Balaban J connectivity index is 1.99. The summed E-state index contributed by atoms with van der Waals surface area (Å²) in [4.78, 5) is 27.9. The van der Waals surface area contributed by atoms with Gasteiger partial charge in [0.05, 0.1) is 30.9 Å². The Bertz CT molecular complexity index is 578. The van der Waals surface area contributed by atoms with Crippen molar-refractivity contribution in [2.24, 2.45) is 5.92 Å². The Kier molecular flexibility index (Phi) is 3.63. The van der Waals surface area contributed by atoms with E-state index in [1.165, 1.54) is 18.2 Å². The highest BCUT2D eigenvalue weighted by Crippen LogP contribution is 2.31. The van der Waals surface area contributed by atoms with E-state index in [4.69, 9.17) is 4.74 Å². The maximum atomic E-state index is 13.4. The van der Waals surface area contributed by atoms with Gasteiger partial charge in [-0.3, -0.25) is 4.79 Å². The Morgan fingerprint density at radius 2 is 2.14 bits per heavy atom. The number of rotatable bonds is 3. The van der Waals surface area contributed by atoms with E-state index in [0.717, 1.165) is 11.3 Å². The van der Waals surface area contributed by atoms with Crippen LogP contribution in [0.1, 0.15) is 13.3 Å². The van der Waals surface area contributed by atoms with Gasteiger partial charge >= 0.3 is 6.03 Å². The number of hydrogen-bond acceptors (Lipinski definition) is 3. The van der Waals surface area contributed by atoms with Crippen LogP contribution < -0.4 is 4.90 Å². The van der Waals surface area contributed by atoms with Crippen molar-refractivity contribution in [3.63, 3.8) is 0 Å². The Labute approximate surface area is 122 Å². The normalized spacial score (nSPS) is 25.4. The van der Waals surface area contributed by atoms with Crippen LogP contribution in [0.25, 0.3) is 0 Å². The number of hydrogen-bond donors (Lipinski definition) is 0. The van der Waals surface area contributed by atoms with Crippen LogP contribution in [-0.2, 0) is 9.53 Å². The van der Waals surface area contributed by atoms with Gasteiger partial charge in [-0.05, 0) is 24.6 Å². The minimum absolute atomic E-state index is 0.199. The van der Waals surface area contributed by atoms with E-state index < -0.39 is 5.82 Å². The monoisotopic (exact) mass is 292 g/mol. The quantitative estimate of drug-likeness (QED) is 0.856.